The van der Waals surface area contributed by atoms with Gasteiger partial charge in [-0.15, -0.1) is 0 Å². The van der Waals surface area contributed by atoms with Crippen molar-refractivity contribution >= 4 is 32.7 Å². The Hall–Kier alpha value is -2.72. The van der Waals surface area contributed by atoms with E-state index in [4.69, 9.17) is 14.2 Å². The maximum absolute atomic E-state index is 12.8. The number of carbonyl (C=O) groups is 1. The molecule has 4 rings (SSSR count). The van der Waals surface area contributed by atoms with Crippen molar-refractivity contribution in [3.05, 3.63) is 53.6 Å². The third kappa shape index (κ3) is 4.56. The number of fused-ring (bicyclic) bond motifs is 1. The first-order valence-electron chi connectivity index (χ1n) is 9.95. The molecular weight excluding hydrogens is 452 g/mol. The Kier molecular flexibility index (Phi) is 6.34. The molecule has 2 aliphatic rings. The molecule has 10 heteroatoms. The standard InChI is InChI=1S/C22H24N2O6S2/c1-28-16-7-5-15(6-8-16)21(25)23-22-24(17-12-32(26,27)13-20(17)31-22)11-14-4-9-18(29-2)19(10-14)30-3/h4-10,17,20H,11-13H2,1-3H3/t17-,20-/m1/s1. The molecule has 0 aliphatic carbocycles. The van der Waals surface area contributed by atoms with Crippen molar-refractivity contribution in [3.63, 3.8) is 0 Å². The Bertz CT molecular complexity index is 1150. The molecule has 0 saturated carbocycles. The Morgan fingerprint density at radius 1 is 1.03 bits per heavy atom. The summed E-state index contributed by atoms with van der Waals surface area (Å²) in [6.45, 7) is 0.402. The van der Waals surface area contributed by atoms with Crippen LogP contribution in [0, 0.1) is 0 Å². The molecule has 2 aromatic carbocycles. The zero-order valence-corrected chi connectivity index (χ0v) is 19.6. The van der Waals surface area contributed by atoms with Crippen LogP contribution in [0.5, 0.6) is 17.2 Å². The number of methoxy groups -OCH3 is 3. The minimum Gasteiger partial charge on any atom is -0.497 e. The molecule has 2 atom stereocenters. The third-order valence-electron chi connectivity index (χ3n) is 5.51. The number of rotatable bonds is 6. The van der Waals surface area contributed by atoms with Crippen LogP contribution in [0.2, 0.25) is 0 Å². The second kappa shape index (κ2) is 9.03. The van der Waals surface area contributed by atoms with Gasteiger partial charge in [0.05, 0.1) is 38.9 Å². The highest BCUT2D eigenvalue weighted by Crippen LogP contribution is 2.40. The van der Waals surface area contributed by atoms with Gasteiger partial charge in [-0.05, 0) is 42.0 Å². The molecule has 2 saturated heterocycles. The molecule has 8 nitrogen and oxygen atoms in total. The van der Waals surface area contributed by atoms with Crippen LogP contribution in [0.15, 0.2) is 47.5 Å². The van der Waals surface area contributed by atoms with Gasteiger partial charge in [0.2, 0.25) is 0 Å². The molecule has 0 bridgehead atoms. The number of nitrogens with zero attached hydrogens (tertiary/aromatic N) is 2. The first-order chi connectivity index (χ1) is 15.3. The lowest BCUT2D eigenvalue weighted by Gasteiger charge is -2.25. The van der Waals surface area contributed by atoms with E-state index in [0.29, 0.717) is 34.5 Å². The molecular formula is C22H24N2O6S2. The average Bonchev–Trinajstić information content (AvgIpc) is 3.25. The zero-order valence-electron chi connectivity index (χ0n) is 18.0. The summed E-state index contributed by atoms with van der Waals surface area (Å²) < 4.78 is 40.3. The van der Waals surface area contributed by atoms with E-state index in [2.05, 4.69) is 4.99 Å². The normalized spacial score (nSPS) is 22.6. The van der Waals surface area contributed by atoms with E-state index in [1.807, 2.05) is 17.0 Å². The van der Waals surface area contributed by atoms with Crippen LogP contribution < -0.4 is 14.2 Å². The third-order valence-corrected chi connectivity index (χ3v) is 8.76. The van der Waals surface area contributed by atoms with E-state index in [9.17, 15) is 13.2 Å². The van der Waals surface area contributed by atoms with E-state index >= 15 is 0 Å². The van der Waals surface area contributed by atoms with Gasteiger partial charge in [-0.2, -0.15) is 4.99 Å². The minimum absolute atomic E-state index is 0.0493. The van der Waals surface area contributed by atoms with E-state index < -0.39 is 9.84 Å². The second-order valence-corrected chi connectivity index (χ2v) is 10.9. The Balaban J connectivity index is 1.63. The number of amidine groups is 1. The zero-order chi connectivity index (χ0) is 22.9. The molecule has 170 valence electrons. The van der Waals surface area contributed by atoms with Gasteiger partial charge in [0.1, 0.15) is 5.75 Å². The van der Waals surface area contributed by atoms with Crippen molar-refractivity contribution < 1.29 is 27.4 Å². The SMILES string of the molecule is COc1ccc(C(=O)N=C2S[C@@H]3CS(=O)(=O)C[C@H]3N2Cc2ccc(OC)c(OC)c2)cc1. The number of amides is 1. The highest BCUT2D eigenvalue weighted by Gasteiger charge is 2.48. The number of benzene rings is 2. The predicted molar refractivity (Wildman–Crippen MR) is 124 cm³/mol. The quantitative estimate of drug-likeness (QED) is 0.628. The summed E-state index contributed by atoms with van der Waals surface area (Å²) in [4.78, 5) is 19.1. The van der Waals surface area contributed by atoms with Gasteiger partial charge in [-0.3, -0.25) is 4.79 Å². The van der Waals surface area contributed by atoms with Gasteiger partial charge in [-0.25, -0.2) is 8.42 Å². The van der Waals surface area contributed by atoms with Gasteiger partial charge in [-0.1, -0.05) is 17.8 Å². The van der Waals surface area contributed by atoms with Gasteiger partial charge in [0.25, 0.3) is 5.91 Å². The minimum atomic E-state index is -3.13. The van der Waals surface area contributed by atoms with Crippen LogP contribution in [0.25, 0.3) is 0 Å². The summed E-state index contributed by atoms with van der Waals surface area (Å²) in [5.74, 6) is 1.60. The van der Waals surface area contributed by atoms with E-state index in [1.165, 1.54) is 11.8 Å². The van der Waals surface area contributed by atoms with E-state index in [0.717, 1.165) is 5.56 Å². The summed E-state index contributed by atoms with van der Waals surface area (Å²) in [7, 11) is 1.56. The van der Waals surface area contributed by atoms with Crippen LogP contribution in [0.3, 0.4) is 0 Å². The first-order valence-corrected chi connectivity index (χ1v) is 12.7. The van der Waals surface area contributed by atoms with Gasteiger partial charge in [0, 0.05) is 17.4 Å². The molecule has 0 aromatic heterocycles. The van der Waals surface area contributed by atoms with Crippen molar-refractivity contribution in [2.45, 2.75) is 17.8 Å². The molecule has 0 N–H and O–H groups in total. The van der Waals surface area contributed by atoms with Crippen LogP contribution >= 0.6 is 11.8 Å². The summed E-state index contributed by atoms with van der Waals surface area (Å²) in [6.07, 6.45) is 0. The highest BCUT2D eigenvalue weighted by atomic mass is 32.2. The number of aliphatic imine (C=N–C) groups is 1. The molecule has 1 amide bonds. The summed E-state index contributed by atoms with van der Waals surface area (Å²) in [5.41, 5.74) is 1.34. The number of carbonyl (C=O) groups excluding carboxylic acids is 1. The Labute approximate surface area is 191 Å². The molecule has 2 aromatic rings. The fourth-order valence-electron chi connectivity index (χ4n) is 3.88. The molecule has 0 radical (unpaired) electrons. The lowest BCUT2D eigenvalue weighted by Crippen LogP contribution is -2.37. The molecule has 2 heterocycles. The molecule has 0 unspecified atom stereocenters. The summed E-state index contributed by atoms with van der Waals surface area (Å²) in [5, 5.41) is 0.382. The lowest BCUT2D eigenvalue weighted by molar-refractivity contribution is 0.100. The summed E-state index contributed by atoms with van der Waals surface area (Å²) in [6, 6.07) is 12.1. The van der Waals surface area contributed by atoms with Crippen LogP contribution in [-0.2, 0) is 16.4 Å². The molecule has 2 fully saturated rings. The maximum Gasteiger partial charge on any atom is 0.279 e. The van der Waals surface area contributed by atoms with Crippen molar-refractivity contribution in [2.75, 3.05) is 32.8 Å². The van der Waals surface area contributed by atoms with Gasteiger partial charge in [0.15, 0.2) is 26.5 Å². The fourth-order valence-corrected chi connectivity index (χ4v) is 7.83. The number of hydrogen-bond acceptors (Lipinski definition) is 7. The first kappa shape index (κ1) is 22.5. The van der Waals surface area contributed by atoms with E-state index in [1.54, 1.807) is 51.7 Å². The molecule has 32 heavy (non-hydrogen) atoms. The Morgan fingerprint density at radius 3 is 2.41 bits per heavy atom. The van der Waals surface area contributed by atoms with Gasteiger partial charge >= 0.3 is 0 Å². The second-order valence-electron chi connectivity index (χ2n) is 7.55. The summed E-state index contributed by atoms with van der Waals surface area (Å²) >= 11 is 1.35. The number of sulfone groups is 1. The van der Waals surface area contributed by atoms with Crippen molar-refractivity contribution in [3.8, 4) is 17.2 Å². The van der Waals surface area contributed by atoms with Crippen molar-refractivity contribution in [1.29, 1.82) is 0 Å². The Morgan fingerprint density at radius 2 is 1.75 bits per heavy atom. The van der Waals surface area contributed by atoms with Crippen molar-refractivity contribution in [1.82, 2.24) is 4.90 Å². The molecule has 0 spiro atoms. The highest BCUT2D eigenvalue weighted by molar-refractivity contribution is 8.15. The maximum atomic E-state index is 12.8. The average molecular weight is 477 g/mol. The number of thioether (sulfide) groups is 1. The van der Waals surface area contributed by atoms with Crippen LogP contribution in [0.1, 0.15) is 15.9 Å². The predicted octanol–water partition coefficient (Wildman–Crippen LogP) is 2.62. The largest absolute Gasteiger partial charge is 0.497 e. The van der Waals surface area contributed by atoms with Crippen molar-refractivity contribution in [2.24, 2.45) is 4.99 Å². The van der Waals surface area contributed by atoms with Crippen LogP contribution in [-0.4, -0.2) is 68.5 Å². The smallest absolute Gasteiger partial charge is 0.279 e. The van der Waals surface area contributed by atoms with Crippen LogP contribution in [0.4, 0.5) is 0 Å². The molecule has 2 aliphatic heterocycles. The van der Waals surface area contributed by atoms with Gasteiger partial charge < -0.3 is 19.1 Å². The van der Waals surface area contributed by atoms with E-state index in [-0.39, 0.29) is 28.7 Å². The number of ether oxygens (including phenoxy) is 3. The number of hydrogen-bond donors (Lipinski definition) is 0. The lowest BCUT2D eigenvalue weighted by atomic mass is 10.1. The monoisotopic (exact) mass is 476 g/mol. The topological polar surface area (TPSA) is 94.5 Å². The fraction of sp³-hybridized carbons (Fsp3) is 0.364.